The maximum atomic E-state index is 11.5. The SMILES string of the molecule is C.C.C=C(C)C(=O)Oc1ccc(Oc2c(C)cc(C(=O)O)cc2C)cc1.C=C(C)C(=O)Oc1ccc(Oc2c(C)cccc2C)cc1. The van der Waals surface area contributed by atoms with Crippen LogP contribution in [0.2, 0.25) is 0 Å². The first-order chi connectivity index (χ1) is 21.2. The van der Waals surface area contributed by atoms with Gasteiger partial charge in [0.15, 0.2) is 0 Å². The van der Waals surface area contributed by atoms with E-state index in [1.165, 1.54) is 0 Å². The first-order valence-corrected chi connectivity index (χ1v) is 14.0. The molecule has 0 radical (unpaired) electrons. The molecule has 0 saturated carbocycles. The summed E-state index contributed by atoms with van der Waals surface area (Å²) in [5, 5.41) is 9.07. The molecule has 0 aliphatic rings. The van der Waals surface area contributed by atoms with E-state index in [9.17, 15) is 14.4 Å². The molecule has 0 fully saturated rings. The number of para-hydroxylation sites is 1. The average Bonchev–Trinajstić information content (AvgIpc) is 2.98. The van der Waals surface area contributed by atoms with Crippen molar-refractivity contribution in [1.82, 2.24) is 0 Å². The molecule has 0 unspecified atom stereocenters. The summed E-state index contributed by atoms with van der Waals surface area (Å²) in [5.41, 5.74) is 4.52. The van der Waals surface area contributed by atoms with Gasteiger partial charge in [-0.3, -0.25) is 0 Å². The Labute approximate surface area is 277 Å². The molecule has 0 heterocycles. The number of carbonyl (C=O) groups excluding carboxylic acids is 2. The predicted octanol–water partition coefficient (Wildman–Crippen LogP) is 10.1. The van der Waals surface area contributed by atoms with Crippen LogP contribution in [0.25, 0.3) is 0 Å². The molecule has 0 amide bonds. The molecule has 1 N–H and O–H groups in total. The van der Waals surface area contributed by atoms with E-state index in [1.807, 2.05) is 32.0 Å². The van der Waals surface area contributed by atoms with E-state index in [4.69, 9.17) is 24.1 Å². The smallest absolute Gasteiger partial charge is 0.338 e. The van der Waals surface area contributed by atoms with Gasteiger partial charge in [-0.1, -0.05) is 46.2 Å². The second kappa shape index (κ2) is 17.8. The van der Waals surface area contributed by atoms with Crippen LogP contribution >= 0.6 is 0 Å². The van der Waals surface area contributed by atoms with Crippen molar-refractivity contribution in [1.29, 1.82) is 0 Å². The van der Waals surface area contributed by atoms with E-state index in [-0.39, 0.29) is 20.4 Å². The molecular weight excluding hydrogens is 596 g/mol. The molecule has 0 aliphatic heterocycles. The zero-order chi connectivity index (χ0) is 33.3. The lowest BCUT2D eigenvalue weighted by Gasteiger charge is -2.13. The predicted molar refractivity (Wildman–Crippen MR) is 186 cm³/mol. The first-order valence-electron chi connectivity index (χ1n) is 14.0. The zero-order valence-corrected chi connectivity index (χ0v) is 26.2. The van der Waals surface area contributed by atoms with Crippen molar-refractivity contribution in [2.45, 2.75) is 56.4 Å². The summed E-state index contributed by atoms with van der Waals surface area (Å²) in [6.07, 6.45) is 0. The van der Waals surface area contributed by atoms with Crippen molar-refractivity contribution in [3.8, 4) is 34.5 Å². The summed E-state index contributed by atoms with van der Waals surface area (Å²) in [6, 6.07) is 22.7. The summed E-state index contributed by atoms with van der Waals surface area (Å²) in [4.78, 5) is 33.9. The molecule has 4 rings (SSSR count). The van der Waals surface area contributed by atoms with Crippen LogP contribution in [-0.2, 0) is 9.59 Å². The number of carboxylic acids is 1. The van der Waals surface area contributed by atoms with E-state index >= 15 is 0 Å². The summed E-state index contributed by atoms with van der Waals surface area (Å²) in [7, 11) is 0. The summed E-state index contributed by atoms with van der Waals surface area (Å²) in [6.45, 7) is 17.8. The number of hydrogen-bond acceptors (Lipinski definition) is 7. The highest BCUT2D eigenvalue weighted by Gasteiger charge is 2.12. The number of hydrogen-bond donors (Lipinski definition) is 1. The van der Waals surface area contributed by atoms with Crippen LogP contribution in [0.15, 0.2) is 103 Å². The molecule has 0 atom stereocenters. The maximum absolute atomic E-state index is 11.5. The number of ether oxygens (including phenoxy) is 4. The van der Waals surface area contributed by atoms with Gasteiger partial charge in [-0.05, 0) is 124 Å². The normalized spacial score (nSPS) is 9.66. The van der Waals surface area contributed by atoms with Gasteiger partial charge in [0.1, 0.15) is 34.5 Å². The highest BCUT2D eigenvalue weighted by atomic mass is 16.5. The first kappa shape index (κ1) is 39.4. The van der Waals surface area contributed by atoms with E-state index in [2.05, 4.69) is 13.2 Å². The molecule has 0 saturated heterocycles. The number of aromatic carboxylic acids is 1. The fourth-order valence-corrected chi connectivity index (χ4v) is 3.97. The Bertz CT molecular complexity index is 1690. The van der Waals surface area contributed by atoms with Gasteiger partial charge in [0.05, 0.1) is 5.56 Å². The van der Waals surface area contributed by atoms with Crippen molar-refractivity contribution in [2.75, 3.05) is 0 Å². The molecule has 0 aromatic heterocycles. The van der Waals surface area contributed by atoms with E-state index < -0.39 is 17.9 Å². The Morgan fingerprint density at radius 1 is 0.553 bits per heavy atom. The van der Waals surface area contributed by atoms with Crippen LogP contribution in [0.3, 0.4) is 0 Å². The lowest BCUT2D eigenvalue weighted by Crippen LogP contribution is -2.07. The third-order valence-corrected chi connectivity index (χ3v) is 6.32. The highest BCUT2D eigenvalue weighted by Crippen LogP contribution is 2.31. The summed E-state index contributed by atoms with van der Waals surface area (Å²) >= 11 is 0. The molecule has 8 heteroatoms. The molecule has 248 valence electrons. The highest BCUT2D eigenvalue weighted by molar-refractivity contribution is 5.89. The topological polar surface area (TPSA) is 108 Å². The fraction of sp³-hybridized carbons (Fsp3) is 0.205. The molecular formula is C39H44O8. The van der Waals surface area contributed by atoms with Gasteiger partial charge >= 0.3 is 17.9 Å². The maximum Gasteiger partial charge on any atom is 0.338 e. The second-order valence-corrected chi connectivity index (χ2v) is 10.5. The molecule has 0 aliphatic carbocycles. The molecule has 8 nitrogen and oxygen atoms in total. The van der Waals surface area contributed by atoms with Gasteiger partial charge in [0.2, 0.25) is 0 Å². The van der Waals surface area contributed by atoms with Crippen LogP contribution in [0.5, 0.6) is 34.5 Å². The molecule has 4 aromatic rings. The standard InChI is InChI=1S/C19H18O5.C18H18O3.2CH4/c1-11(2)19(22)24-16-7-5-15(6-8-16)23-17-12(3)9-14(18(20)21)10-13(17)4;1-12(2)18(19)21-16-10-8-15(9-11-16)20-17-13(3)6-5-7-14(17)4;;/h5-10H,1H2,2-4H3,(H,20,21);5-11H,1H2,2-4H3;2*1H4. The molecule has 47 heavy (non-hydrogen) atoms. The summed E-state index contributed by atoms with van der Waals surface area (Å²) in [5.74, 6) is 1.68. The minimum atomic E-state index is -0.976. The Balaban J connectivity index is 0.000000454. The number of esters is 2. The quantitative estimate of drug-likeness (QED) is 0.109. The lowest BCUT2D eigenvalue weighted by atomic mass is 10.1. The Morgan fingerprint density at radius 3 is 1.19 bits per heavy atom. The van der Waals surface area contributed by atoms with Crippen molar-refractivity contribution in [2.24, 2.45) is 0 Å². The number of benzene rings is 4. The van der Waals surface area contributed by atoms with Crippen LogP contribution in [0, 0.1) is 27.7 Å². The number of rotatable bonds is 9. The number of aryl methyl sites for hydroxylation is 4. The van der Waals surface area contributed by atoms with Gasteiger partial charge < -0.3 is 24.1 Å². The Morgan fingerprint density at radius 2 is 0.872 bits per heavy atom. The fourth-order valence-electron chi connectivity index (χ4n) is 3.97. The van der Waals surface area contributed by atoms with Crippen LogP contribution in [0.1, 0.15) is 61.3 Å². The van der Waals surface area contributed by atoms with Gasteiger partial charge in [0.25, 0.3) is 0 Å². The summed E-state index contributed by atoms with van der Waals surface area (Å²) < 4.78 is 22.0. The van der Waals surface area contributed by atoms with Gasteiger partial charge in [-0.2, -0.15) is 0 Å². The molecule has 0 spiro atoms. The van der Waals surface area contributed by atoms with Crippen LogP contribution < -0.4 is 18.9 Å². The number of carboxylic acid groups (broad SMARTS) is 1. The largest absolute Gasteiger partial charge is 0.478 e. The monoisotopic (exact) mass is 640 g/mol. The van der Waals surface area contributed by atoms with E-state index in [1.54, 1.807) is 88.4 Å². The van der Waals surface area contributed by atoms with Crippen LogP contribution in [0.4, 0.5) is 0 Å². The number of carbonyl (C=O) groups is 3. The average molecular weight is 641 g/mol. The second-order valence-electron chi connectivity index (χ2n) is 10.5. The van der Waals surface area contributed by atoms with Crippen molar-refractivity contribution < 1.29 is 38.4 Å². The molecule has 0 bridgehead atoms. The van der Waals surface area contributed by atoms with Crippen molar-refractivity contribution in [3.05, 3.63) is 131 Å². The minimum absolute atomic E-state index is 0. The van der Waals surface area contributed by atoms with E-state index in [0.29, 0.717) is 39.9 Å². The molecule has 4 aromatic carbocycles. The third kappa shape index (κ3) is 11.3. The zero-order valence-electron chi connectivity index (χ0n) is 26.2. The third-order valence-electron chi connectivity index (χ3n) is 6.32. The van der Waals surface area contributed by atoms with Crippen molar-refractivity contribution in [3.63, 3.8) is 0 Å². The van der Waals surface area contributed by atoms with Gasteiger partial charge in [0, 0.05) is 11.1 Å². The minimum Gasteiger partial charge on any atom is -0.478 e. The Hall–Kier alpha value is -5.63. The van der Waals surface area contributed by atoms with E-state index in [0.717, 1.165) is 28.0 Å². The van der Waals surface area contributed by atoms with Crippen molar-refractivity contribution >= 4 is 17.9 Å². The lowest BCUT2D eigenvalue weighted by molar-refractivity contribution is -0.130. The van der Waals surface area contributed by atoms with Crippen LogP contribution in [-0.4, -0.2) is 23.0 Å². The Kier molecular flexibility index (Phi) is 14.9. The van der Waals surface area contributed by atoms with Gasteiger partial charge in [-0.25, -0.2) is 14.4 Å². The van der Waals surface area contributed by atoms with Gasteiger partial charge in [-0.15, -0.1) is 0 Å².